The molecule has 0 aromatic rings. The first-order valence-electron chi connectivity index (χ1n) is 9.56. The first-order valence-corrected chi connectivity index (χ1v) is 11.0. The largest absolute Gasteiger partial charge is 0.634 e. The van der Waals surface area contributed by atoms with E-state index < -0.39 is 10.4 Å². The normalized spacial score (nSPS) is 14.7. The second-order valence-corrected chi connectivity index (χ2v) is 9.18. The molecule has 0 radical (unpaired) electrons. The number of nitrogens with zero attached hydrogens (tertiary/aromatic N) is 2. The summed E-state index contributed by atoms with van der Waals surface area (Å²) in [4.78, 5) is 16.5. The van der Waals surface area contributed by atoms with Gasteiger partial charge < -0.3 is 19.3 Å². The maximum Gasteiger partial charge on any atom is 0.301 e. The summed E-state index contributed by atoms with van der Waals surface area (Å²) in [6, 6.07) is 0. The highest BCUT2D eigenvalue weighted by molar-refractivity contribution is 8.02. The molecule has 1 aliphatic carbocycles. The predicted molar refractivity (Wildman–Crippen MR) is 112 cm³/mol. The van der Waals surface area contributed by atoms with E-state index in [1.54, 1.807) is 12.2 Å². The van der Waals surface area contributed by atoms with Gasteiger partial charge in [-0.05, 0) is 37.1 Å². The number of nitrogens with one attached hydrogen (secondary N) is 1. The van der Waals surface area contributed by atoms with Crippen LogP contribution in [0.4, 0.5) is 0 Å². The van der Waals surface area contributed by atoms with Crippen LogP contribution in [0.2, 0.25) is 0 Å². The van der Waals surface area contributed by atoms with E-state index in [0.717, 1.165) is 13.0 Å². The summed E-state index contributed by atoms with van der Waals surface area (Å²) in [5.41, 5.74) is 5.77. The van der Waals surface area contributed by atoms with Gasteiger partial charge in [0, 0.05) is 13.1 Å². The van der Waals surface area contributed by atoms with Gasteiger partial charge in [0.1, 0.15) is 4.86 Å². The third kappa shape index (κ3) is 9.55. The van der Waals surface area contributed by atoms with Crippen molar-refractivity contribution in [2.75, 3.05) is 40.3 Å². The fourth-order valence-electron chi connectivity index (χ4n) is 2.74. The highest BCUT2D eigenvalue weighted by Crippen LogP contribution is 2.08. The summed E-state index contributed by atoms with van der Waals surface area (Å²) in [6.07, 6.45) is 12.0. The zero-order valence-corrected chi connectivity index (χ0v) is 17.6. The van der Waals surface area contributed by atoms with E-state index >= 15 is 0 Å². The summed E-state index contributed by atoms with van der Waals surface area (Å²) in [5, 5.41) is 0. The number of quaternary nitrogens is 1. The lowest BCUT2D eigenvalue weighted by molar-refractivity contribution is -0.882. The van der Waals surface area contributed by atoms with E-state index in [2.05, 4.69) is 16.6 Å². The third-order valence-electron chi connectivity index (χ3n) is 4.27. The molecular weight excluding hydrogens is 364 g/mol. The molecule has 1 rings (SSSR count). The van der Waals surface area contributed by atoms with Crippen LogP contribution in [0.25, 0.3) is 0 Å². The van der Waals surface area contributed by atoms with E-state index in [0.29, 0.717) is 16.7 Å². The number of aliphatic imine (C=N–C) groups is 1. The number of amides is 1. The Kier molecular flexibility index (Phi) is 10.3. The zero-order valence-electron chi connectivity index (χ0n) is 16.8. The zero-order chi connectivity index (χ0) is 20.3. The van der Waals surface area contributed by atoms with Gasteiger partial charge in [0.25, 0.3) is 0 Å². The molecule has 0 saturated heterocycles. The molecule has 0 heterocycles. The van der Waals surface area contributed by atoms with Crippen molar-refractivity contribution >= 4 is 26.8 Å². The van der Waals surface area contributed by atoms with Crippen molar-refractivity contribution in [1.29, 1.82) is 0 Å². The molecule has 0 unspecified atom stereocenters. The van der Waals surface area contributed by atoms with Crippen LogP contribution in [0.3, 0.4) is 0 Å². The maximum atomic E-state index is 12.3. The average Bonchev–Trinajstić information content (AvgIpc) is 2.59. The Balaban J connectivity index is 2.59. The standard InChI is InChI=1S/C19H34N4O3S/c1-4-5-6-7-8-15-23(2,3)16-19(24)22-17-9-11-18(12-10-17)27(25,26)21-14-13-20/h9-12H,4-8,13-16,20H2,1-3H3,(H-2,21,22,24,25,26). The van der Waals surface area contributed by atoms with Gasteiger partial charge in [-0.25, -0.2) is 4.99 Å². The quantitative estimate of drug-likeness (QED) is 0.235. The molecule has 0 aromatic heterocycles. The molecule has 7 nitrogen and oxygen atoms in total. The number of rotatable bonds is 11. The van der Waals surface area contributed by atoms with Gasteiger partial charge in [0.15, 0.2) is 6.54 Å². The molecule has 0 aliphatic heterocycles. The lowest BCUT2D eigenvalue weighted by Crippen LogP contribution is -2.44. The van der Waals surface area contributed by atoms with Crippen LogP contribution in [-0.2, 0) is 15.2 Å². The lowest BCUT2D eigenvalue weighted by atomic mass is 10.1. The summed E-state index contributed by atoms with van der Waals surface area (Å²) < 4.78 is 27.0. The highest BCUT2D eigenvalue weighted by Gasteiger charge is 2.19. The Labute approximate surface area is 164 Å². The van der Waals surface area contributed by atoms with Crippen LogP contribution in [-0.4, -0.2) is 70.3 Å². The van der Waals surface area contributed by atoms with Gasteiger partial charge in [0.2, 0.25) is 0 Å². The minimum absolute atomic E-state index is 0.130. The van der Waals surface area contributed by atoms with Crippen molar-refractivity contribution in [3.8, 4) is 0 Å². The van der Waals surface area contributed by atoms with Gasteiger partial charge in [-0.3, -0.25) is 4.79 Å². The van der Waals surface area contributed by atoms with E-state index in [-0.39, 0.29) is 23.9 Å². The molecule has 3 N–H and O–H groups in total. The van der Waals surface area contributed by atoms with Gasteiger partial charge in [-0.2, -0.15) is 4.72 Å². The second kappa shape index (κ2) is 11.6. The van der Waals surface area contributed by atoms with Crippen molar-refractivity contribution in [1.82, 2.24) is 4.72 Å². The number of nitrogens with two attached hydrogens (primary N) is 1. The molecule has 0 atom stereocenters. The van der Waals surface area contributed by atoms with Gasteiger partial charge in [0.05, 0.1) is 26.4 Å². The number of likely N-dealkylation sites (N-methyl/N-ethyl adjacent to an activating group) is 1. The van der Waals surface area contributed by atoms with Crippen LogP contribution in [0, 0.1) is 0 Å². The number of carbonyl (C=O) groups excluding carboxylic acids is 1. The molecular formula is C19H34N4O3S. The van der Waals surface area contributed by atoms with Crippen molar-refractivity contribution < 1.29 is 18.4 Å². The Morgan fingerprint density at radius 1 is 1.15 bits per heavy atom. The van der Waals surface area contributed by atoms with E-state index in [1.165, 1.54) is 37.8 Å². The fourth-order valence-corrected chi connectivity index (χ4v) is 3.79. The van der Waals surface area contributed by atoms with E-state index in [9.17, 15) is 13.9 Å². The molecule has 8 heteroatoms. The van der Waals surface area contributed by atoms with Gasteiger partial charge in [-0.15, -0.1) is 10.4 Å². The molecule has 0 fully saturated rings. The number of carbonyl (C=O) groups is 1. The summed E-state index contributed by atoms with van der Waals surface area (Å²) in [6.45, 7) is 3.87. The number of hydrogen-bond acceptors (Lipinski definition) is 5. The summed E-state index contributed by atoms with van der Waals surface area (Å²) in [5.74, 6) is -0.203. The number of unbranched alkanes of at least 4 members (excludes halogenated alkanes) is 4. The Morgan fingerprint density at radius 3 is 2.37 bits per heavy atom. The van der Waals surface area contributed by atoms with Gasteiger partial charge >= 0.3 is 5.91 Å². The van der Waals surface area contributed by atoms with Crippen LogP contribution >= 0.6 is 0 Å². The SMILES string of the molecule is CCCCCCC[N+](C)(C)CC(=O)N=C1C=CC(=[S+]([O-])([O-])NCCN)C=C1. The van der Waals surface area contributed by atoms with Crippen LogP contribution < -0.4 is 10.5 Å². The highest BCUT2D eigenvalue weighted by atomic mass is 32.3. The average molecular weight is 399 g/mol. The molecule has 27 heavy (non-hydrogen) atoms. The molecule has 0 bridgehead atoms. The molecule has 154 valence electrons. The van der Waals surface area contributed by atoms with E-state index in [1.807, 2.05) is 14.1 Å². The predicted octanol–water partition coefficient (Wildman–Crippen LogP) is 1.18. The topological polar surface area (TPSA) is 114 Å². The summed E-state index contributed by atoms with van der Waals surface area (Å²) >= 11 is 0. The van der Waals surface area contributed by atoms with Gasteiger partial charge in [-0.1, -0.05) is 26.2 Å². The first kappa shape index (κ1) is 23.9. The van der Waals surface area contributed by atoms with Crippen molar-refractivity contribution in [3.05, 3.63) is 24.3 Å². The lowest BCUT2D eigenvalue weighted by Gasteiger charge is -2.31. The number of allylic oxidation sites excluding steroid dienone is 4. The minimum atomic E-state index is -3.57. The third-order valence-corrected chi connectivity index (χ3v) is 5.74. The molecule has 0 saturated carbocycles. The smallest absolute Gasteiger partial charge is 0.301 e. The molecule has 1 amide bonds. The monoisotopic (exact) mass is 398 g/mol. The van der Waals surface area contributed by atoms with E-state index in [4.69, 9.17) is 5.73 Å². The fraction of sp³-hybridized carbons (Fsp3) is 0.632. The second-order valence-electron chi connectivity index (χ2n) is 7.42. The van der Waals surface area contributed by atoms with Crippen molar-refractivity contribution in [3.63, 3.8) is 0 Å². The van der Waals surface area contributed by atoms with Crippen LogP contribution in [0.15, 0.2) is 29.3 Å². The Bertz CT molecular complexity index is 615. The number of hydrogen-bond donors (Lipinski definition) is 2. The van der Waals surface area contributed by atoms with Crippen LogP contribution in [0.5, 0.6) is 0 Å². The Hall–Kier alpha value is -1.16. The summed E-state index contributed by atoms with van der Waals surface area (Å²) in [7, 11) is 0.494. The molecule has 0 aromatic carbocycles. The minimum Gasteiger partial charge on any atom is -0.634 e. The maximum absolute atomic E-state index is 12.3. The van der Waals surface area contributed by atoms with Crippen molar-refractivity contribution in [2.24, 2.45) is 10.7 Å². The van der Waals surface area contributed by atoms with Crippen molar-refractivity contribution in [2.45, 2.75) is 39.0 Å². The van der Waals surface area contributed by atoms with Crippen LogP contribution in [0.1, 0.15) is 39.0 Å². The molecule has 0 spiro atoms. The Morgan fingerprint density at radius 2 is 1.78 bits per heavy atom. The first-order chi connectivity index (χ1) is 12.7. The molecule has 1 aliphatic rings.